The van der Waals surface area contributed by atoms with Crippen molar-refractivity contribution < 1.29 is 89.4 Å². The van der Waals surface area contributed by atoms with Gasteiger partial charge in [0.25, 0.3) is 0 Å². The number of amides is 1. The highest BCUT2D eigenvalue weighted by Gasteiger charge is 2.54. The topological polar surface area (TPSA) is 307 Å². The van der Waals surface area contributed by atoms with Crippen molar-refractivity contribution in [1.82, 2.24) is 5.32 Å². The number of carbonyl (C=O) groups excluding carboxylic acids is 1. The first-order valence-electron chi connectivity index (χ1n) is 47.6. The summed E-state index contributed by atoms with van der Waals surface area (Å²) in [5.41, 5.74) is 0. The highest BCUT2D eigenvalue weighted by atomic mass is 16.8. The molecule has 3 aliphatic heterocycles. The summed E-state index contributed by atoms with van der Waals surface area (Å²) in [6.45, 7) is 1.73. The predicted molar refractivity (Wildman–Crippen MR) is 475 cm³/mol. The number of hydrogen-bond donors (Lipinski definition) is 12. The van der Waals surface area contributed by atoms with Gasteiger partial charge in [-0.1, -0.05) is 393 Å². The molecule has 19 heteroatoms. The van der Waals surface area contributed by atoms with E-state index in [9.17, 15) is 61.0 Å². The Balaban J connectivity index is 1.31. The van der Waals surface area contributed by atoms with E-state index in [0.717, 1.165) is 116 Å². The van der Waals surface area contributed by atoms with E-state index in [1.807, 2.05) is 0 Å². The van der Waals surface area contributed by atoms with Crippen LogP contribution in [0.4, 0.5) is 0 Å². The van der Waals surface area contributed by atoms with Crippen molar-refractivity contribution in [3.63, 3.8) is 0 Å². The molecule has 678 valence electrons. The lowest BCUT2D eigenvalue weighted by Crippen LogP contribution is -2.66. The van der Waals surface area contributed by atoms with Crippen molar-refractivity contribution in [2.45, 2.75) is 478 Å². The number of allylic oxidation sites excluding steroid dienone is 18. The van der Waals surface area contributed by atoms with Gasteiger partial charge in [-0.05, 0) is 83.5 Å². The Kier molecular flexibility index (Phi) is 70.0. The molecular formula is C98H173NO18. The number of ether oxygens (including phenoxy) is 6. The molecule has 0 bridgehead atoms. The molecular weight excluding hydrogens is 1480 g/mol. The Morgan fingerprint density at radius 3 is 0.923 bits per heavy atom. The van der Waals surface area contributed by atoms with Gasteiger partial charge in [0.15, 0.2) is 18.9 Å². The Morgan fingerprint density at radius 2 is 0.590 bits per heavy atom. The molecule has 0 spiro atoms. The average molecular weight is 1650 g/mol. The van der Waals surface area contributed by atoms with E-state index >= 15 is 0 Å². The number of rotatable bonds is 77. The van der Waals surface area contributed by atoms with Crippen LogP contribution in [0.3, 0.4) is 0 Å². The van der Waals surface area contributed by atoms with Crippen LogP contribution in [0.1, 0.15) is 373 Å². The summed E-state index contributed by atoms with van der Waals surface area (Å²) in [7, 11) is 0. The molecule has 0 aromatic heterocycles. The molecule has 0 saturated carbocycles. The number of unbranched alkanes of at least 4 members (excludes halogenated alkanes) is 43. The van der Waals surface area contributed by atoms with Gasteiger partial charge < -0.3 is 89.9 Å². The third-order valence-corrected chi connectivity index (χ3v) is 23.1. The molecule has 1 amide bonds. The van der Waals surface area contributed by atoms with Crippen molar-refractivity contribution >= 4 is 5.91 Å². The lowest BCUT2D eigenvalue weighted by molar-refractivity contribution is -0.379. The first-order valence-corrected chi connectivity index (χ1v) is 47.6. The van der Waals surface area contributed by atoms with Crippen LogP contribution in [0.2, 0.25) is 0 Å². The van der Waals surface area contributed by atoms with Crippen molar-refractivity contribution in [2.24, 2.45) is 0 Å². The van der Waals surface area contributed by atoms with Crippen molar-refractivity contribution in [3.05, 3.63) is 109 Å². The van der Waals surface area contributed by atoms with Gasteiger partial charge in [-0.25, -0.2) is 0 Å². The molecule has 3 aliphatic rings. The molecule has 3 heterocycles. The van der Waals surface area contributed by atoms with Crippen LogP contribution in [0.25, 0.3) is 0 Å². The van der Waals surface area contributed by atoms with E-state index in [2.05, 4.69) is 129 Å². The Hall–Kier alpha value is -3.55. The Bertz CT molecular complexity index is 2540. The normalized spacial score (nSPS) is 24.9. The van der Waals surface area contributed by atoms with Crippen LogP contribution < -0.4 is 5.32 Å². The first kappa shape index (κ1) is 108. The zero-order valence-electron chi connectivity index (χ0n) is 73.4. The maximum absolute atomic E-state index is 13.6. The molecule has 0 aromatic rings. The zero-order chi connectivity index (χ0) is 84.5. The average Bonchev–Trinajstić information content (AvgIpc) is 0.777. The molecule has 117 heavy (non-hydrogen) atoms. The third kappa shape index (κ3) is 54.0. The number of aliphatic hydroxyl groups is 11. The summed E-state index contributed by atoms with van der Waals surface area (Å²) >= 11 is 0. The molecule has 17 unspecified atom stereocenters. The molecule has 12 N–H and O–H groups in total. The standard InChI is InChI=1S/C98H173NO18/c1-3-5-7-9-11-13-15-17-19-21-23-25-27-29-31-33-35-37-38-39-40-41-42-44-46-48-50-52-54-56-58-60-62-64-66-68-70-72-74-76-86(104)99-81(82(103)75-73-71-69-67-65-63-61-59-57-55-53-51-49-47-45-43-36-34-32-30-28-26-24-22-20-18-16-14-12-10-8-6-4-2)80-112-96-92(110)89(107)94(84(78-101)114-96)117-98-93(111)90(108)95(85(79-102)115-98)116-97-91(109)88(106)87(105)83(77-100)113-97/h5,7,11,13,17,19,23,25,29,31,35,37,39-40,42,44,48,50,81-85,87-98,100-103,105-111H,3-4,6,8-10,12,14-16,18,20-22,24,26-28,30,32-34,36,38,41,43,45-47,49,51-80H2,1-2H3,(H,99,104)/b7-5-,13-11-,19-17-,25-23-,31-29-,37-35-,40-39-,44-42-,50-48-. The maximum Gasteiger partial charge on any atom is 0.220 e. The minimum Gasteiger partial charge on any atom is -0.394 e. The van der Waals surface area contributed by atoms with Crippen LogP contribution in [-0.2, 0) is 33.2 Å². The van der Waals surface area contributed by atoms with Gasteiger partial charge in [0, 0.05) is 6.42 Å². The fourth-order valence-electron chi connectivity index (χ4n) is 15.6. The second-order valence-electron chi connectivity index (χ2n) is 33.5. The summed E-state index contributed by atoms with van der Waals surface area (Å²) in [6, 6.07) is -0.898. The quantitative estimate of drug-likeness (QED) is 0.0199. The van der Waals surface area contributed by atoms with E-state index in [-0.39, 0.29) is 18.9 Å². The summed E-state index contributed by atoms with van der Waals surface area (Å²) in [4.78, 5) is 13.6. The molecule has 3 fully saturated rings. The molecule has 0 aromatic carbocycles. The predicted octanol–water partition coefficient (Wildman–Crippen LogP) is 19.2. The van der Waals surface area contributed by atoms with Gasteiger partial charge in [0.2, 0.25) is 5.91 Å². The fraction of sp³-hybridized carbons (Fsp3) is 0.806. The highest BCUT2D eigenvalue weighted by Crippen LogP contribution is 2.34. The number of hydrogen-bond acceptors (Lipinski definition) is 18. The second-order valence-corrected chi connectivity index (χ2v) is 33.5. The molecule has 0 aliphatic carbocycles. The van der Waals surface area contributed by atoms with Gasteiger partial charge in [0.05, 0.1) is 38.6 Å². The van der Waals surface area contributed by atoms with Gasteiger partial charge >= 0.3 is 0 Å². The number of nitrogens with one attached hydrogen (secondary N) is 1. The van der Waals surface area contributed by atoms with Crippen LogP contribution in [0, 0.1) is 0 Å². The molecule has 0 radical (unpaired) electrons. The van der Waals surface area contributed by atoms with E-state index in [0.29, 0.717) is 12.8 Å². The lowest BCUT2D eigenvalue weighted by atomic mass is 9.96. The Labute approximate surface area is 710 Å². The van der Waals surface area contributed by atoms with E-state index < -0.39 is 124 Å². The monoisotopic (exact) mass is 1650 g/mol. The highest BCUT2D eigenvalue weighted by molar-refractivity contribution is 5.76. The molecule has 17 atom stereocenters. The van der Waals surface area contributed by atoms with Gasteiger partial charge in [-0.3, -0.25) is 4.79 Å². The SMILES string of the molecule is CC/C=C\C/C=C\C/C=C\C/C=C\C/C=C\C/C=C\C/C=C\C/C=C\C/C=C\CCCCCCCCCCCCCC(=O)NC(COC1OC(CO)C(OC2OC(CO)C(OC3OC(CO)C(O)C(O)C3O)C(O)C2O)C(O)C1O)C(O)CCCCCCCCCCCCCCCCCCCCCCCCCCCCCCCCCCC. The molecule has 19 nitrogen and oxygen atoms in total. The lowest BCUT2D eigenvalue weighted by Gasteiger charge is -2.48. The number of aliphatic hydroxyl groups excluding tert-OH is 11. The van der Waals surface area contributed by atoms with Crippen LogP contribution in [-0.4, -0.2) is 193 Å². The number of carbonyl (C=O) groups is 1. The minimum absolute atomic E-state index is 0.245. The molecule has 3 rings (SSSR count). The van der Waals surface area contributed by atoms with Crippen LogP contribution in [0.15, 0.2) is 109 Å². The third-order valence-electron chi connectivity index (χ3n) is 23.1. The Morgan fingerprint density at radius 1 is 0.316 bits per heavy atom. The largest absolute Gasteiger partial charge is 0.394 e. The van der Waals surface area contributed by atoms with Crippen LogP contribution in [0.5, 0.6) is 0 Å². The van der Waals surface area contributed by atoms with E-state index in [1.165, 1.54) is 225 Å². The van der Waals surface area contributed by atoms with E-state index in [4.69, 9.17) is 28.4 Å². The first-order chi connectivity index (χ1) is 57.3. The molecule has 3 saturated heterocycles. The maximum atomic E-state index is 13.6. The summed E-state index contributed by atoms with van der Waals surface area (Å²) < 4.78 is 34.6. The van der Waals surface area contributed by atoms with Gasteiger partial charge in [-0.2, -0.15) is 0 Å². The van der Waals surface area contributed by atoms with E-state index in [1.54, 1.807) is 0 Å². The second kappa shape index (κ2) is 76.1. The fourth-order valence-corrected chi connectivity index (χ4v) is 15.6. The summed E-state index contributed by atoms with van der Waals surface area (Å²) in [5, 5.41) is 122. The smallest absolute Gasteiger partial charge is 0.220 e. The summed E-state index contributed by atoms with van der Waals surface area (Å²) in [5.74, 6) is -0.245. The summed E-state index contributed by atoms with van der Waals surface area (Å²) in [6.07, 6.45) is 80.5. The minimum atomic E-state index is -1.98. The van der Waals surface area contributed by atoms with Crippen LogP contribution >= 0.6 is 0 Å². The van der Waals surface area contributed by atoms with Gasteiger partial charge in [0.1, 0.15) is 73.2 Å². The van der Waals surface area contributed by atoms with Gasteiger partial charge in [-0.15, -0.1) is 0 Å². The van der Waals surface area contributed by atoms with Crippen molar-refractivity contribution in [3.8, 4) is 0 Å². The van der Waals surface area contributed by atoms with Crippen molar-refractivity contribution in [1.29, 1.82) is 0 Å². The van der Waals surface area contributed by atoms with Crippen molar-refractivity contribution in [2.75, 3.05) is 26.4 Å². The zero-order valence-corrected chi connectivity index (χ0v) is 73.4.